The lowest BCUT2D eigenvalue weighted by molar-refractivity contribution is -0.0990. The smallest absolute Gasteiger partial charge is 0.203 e. The van der Waals surface area contributed by atoms with E-state index in [-0.39, 0.29) is 18.2 Å². The third-order valence-electron chi connectivity index (χ3n) is 3.46. The highest BCUT2D eigenvalue weighted by molar-refractivity contribution is 5.51. The molecule has 3 atom stereocenters. The first-order valence-electron chi connectivity index (χ1n) is 6.96. The first-order chi connectivity index (χ1) is 9.71. The lowest BCUT2D eigenvalue weighted by Gasteiger charge is -2.42. The predicted molar refractivity (Wildman–Crippen MR) is 76.6 cm³/mol. The molecule has 1 aliphatic rings. The van der Waals surface area contributed by atoms with Crippen molar-refractivity contribution in [1.82, 2.24) is 0 Å². The van der Waals surface area contributed by atoms with Gasteiger partial charge in [-0.15, -0.1) is 0 Å². The van der Waals surface area contributed by atoms with E-state index in [4.69, 9.17) is 24.7 Å². The van der Waals surface area contributed by atoms with Gasteiger partial charge in [-0.2, -0.15) is 0 Å². The van der Waals surface area contributed by atoms with Crippen molar-refractivity contribution in [3.05, 3.63) is 18.2 Å². The molecule has 2 rings (SSSR count). The summed E-state index contributed by atoms with van der Waals surface area (Å²) in [5.41, 5.74) is 5.98. The standard InChI is InChI=1S/C15H23NO4/c1-4-8-19-14-10(16)9-13(14)20-15-11(17-2)6-5-7-12(15)18-3/h5-7,10,13-14H,4,8-9,16H2,1-3H3. The number of para-hydroxylation sites is 1. The van der Waals surface area contributed by atoms with Crippen LogP contribution in [-0.2, 0) is 4.74 Å². The number of ether oxygens (including phenoxy) is 4. The molecule has 112 valence electrons. The summed E-state index contributed by atoms with van der Waals surface area (Å²) in [7, 11) is 3.22. The highest BCUT2D eigenvalue weighted by Crippen LogP contribution is 2.40. The number of hydrogen-bond acceptors (Lipinski definition) is 5. The molecule has 0 spiro atoms. The van der Waals surface area contributed by atoms with E-state index in [1.807, 2.05) is 18.2 Å². The van der Waals surface area contributed by atoms with Gasteiger partial charge in [0, 0.05) is 19.1 Å². The molecule has 1 aromatic carbocycles. The first-order valence-corrected chi connectivity index (χ1v) is 6.96. The average molecular weight is 281 g/mol. The van der Waals surface area contributed by atoms with Crippen molar-refractivity contribution < 1.29 is 18.9 Å². The summed E-state index contributed by atoms with van der Waals surface area (Å²) in [4.78, 5) is 0. The van der Waals surface area contributed by atoms with E-state index in [1.54, 1.807) is 14.2 Å². The van der Waals surface area contributed by atoms with Gasteiger partial charge in [0.1, 0.15) is 12.2 Å². The van der Waals surface area contributed by atoms with E-state index in [1.165, 1.54) is 0 Å². The van der Waals surface area contributed by atoms with E-state index in [9.17, 15) is 0 Å². The molecule has 0 aromatic heterocycles. The molecule has 0 radical (unpaired) electrons. The van der Waals surface area contributed by atoms with Crippen LogP contribution in [0.1, 0.15) is 19.8 Å². The van der Waals surface area contributed by atoms with Gasteiger partial charge < -0.3 is 24.7 Å². The van der Waals surface area contributed by atoms with E-state index < -0.39 is 0 Å². The van der Waals surface area contributed by atoms with E-state index in [2.05, 4.69) is 6.92 Å². The second-order valence-electron chi connectivity index (χ2n) is 4.88. The normalized spacial score (nSPS) is 24.9. The van der Waals surface area contributed by atoms with Crippen LogP contribution in [0.15, 0.2) is 18.2 Å². The molecule has 2 N–H and O–H groups in total. The van der Waals surface area contributed by atoms with Gasteiger partial charge >= 0.3 is 0 Å². The van der Waals surface area contributed by atoms with Crippen molar-refractivity contribution in [2.45, 2.75) is 38.0 Å². The van der Waals surface area contributed by atoms with Gasteiger partial charge in [0.15, 0.2) is 11.5 Å². The van der Waals surface area contributed by atoms with Gasteiger partial charge in [0.25, 0.3) is 0 Å². The van der Waals surface area contributed by atoms with Crippen LogP contribution < -0.4 is 19.9 Å². The second kappa shape index (κ2) is 6.81. The largest absolute Gasteiger partial charge is 0.493 e. The third kappa shape index (κ3) is 2.99. The minimum absolute atomic E-state index is 0.0345. The maximum absolute atomic E-state index is 6.02. The average Bonchev–Trinajstić information content (AvgIpc) is 2.47. The zero-order valence-electron chi connectivity index (χ0n) is 12.3. The minimum Gasteiger partial charge on any atom is -0.493 e. The van der Waals surface area contributed by atoms with E-state index in [0.717, 1.165) is 12.8 Å². The van der Waals surface area contributed by atoms with Crippen LogP contribution in [-0.4, -0.2) is 39.1 Å². The Balaban J connectivity index is 2.09. The lowest BCUT2D eigenvalue weighted by Crippen LogP contribution is -2.59. The van der Waals surface area contributed by atoms with Crippen LogP contribution in [0.25, 0.3) is 0 Å². The Morgan fingerprint density at radius 1 is 1.20 bits per heavy atom. The summed E-state index contributed by atoms with van der Waals surface area (Å²) in [6.45, 7) is 2.77. The fraction of sp³-hybridized carbons (Fsp3) is 0.600. The Bertz CT molecular complexity index is 416. The van der Waals surface area contributed by atoms with Crippen molar-refractivity contribution in [1.29, 1.82) is 0 Å². The molecular formula is C15H23NO4. The maximum Gasteiger partial charge on any atom is 0.203 e. The number of benzene rings is 1. The second-order valence-corrected chi connectivity index (χ2v) is 4.88. The summed E-state index contributed by atoms with van der Waals surface area (Å²) >= 11 is 0. The lowest BCUT2D eigenvalue weighted by atomic mass is 9.86. The number of nitrogens with two attached hydrogens (primary N) is 1. The molecular weight excluding hydrogens is 258 g/mol. The van der Waals surface area contributed by atoms with Crippen molar-refractivity contribution in [2.75, 3.05) is 20.8 Å². The summed E-state index contributed by atoms with van der Waals surface area (Å²) in [6.07, 6.45) is 1.62. The van der Waals surface area contributed by atoms with E-state index >= 15 is 0 Å². The van der Waals surface area contributed by atoms with Crippen LogP contribution in [0.5, 0.6) is 17.2 Å². The molecule has 0 saturated heterocycles. The number of hydrogen-bond donors (Lipinski definition) is 1. The molecule has 20 heavy (non-hydrogen) atoms. The Labute approximate surface area is 120 Å². The van der Waals surface area contributed by atoms with Gasteiger partial charge in [0.2, 0.25) is 5.75 Å². The van der Waals surface area contributed by atoms with Crippen LogP contribution in [0.2, 0.25) is 0 Å². The highest BCUT2D eigenvalue weighted by atomic mass is 16.6. The quantitative estimate of drug-likeness (QED) is 0.828. The van der Waals surface area contributed by atoms with Gasteiger partial charge in [-0.3, -0.25) is 0 Å². The molecule has 1 fully saturated rings. The van der Waals surface area contributed by atoms with Crippen molar-refractivity contribution in [2.24, 2.45) is 5.73 Å². The topological polar surface area (TPSA) is 62.9 Å². The van der Waals surface area contributed by atoms with Crippen molar-refractivity contribution in [3.63, 3.8) is 0 Å². The minimum atomic E-state index is -0.0652. The van der Waals surface area contributed by atoms with Crippen molar-refractivity contribution >= 4 is 0 Å². The van der Waals surface area contributed by atoms with Crippen LogP contribution in [0.4, 0.5) is 0 Å². The molecule has 1 aliphatic carbocycles. The molecule has 1 aromatic rings. The summed E-state index contributed by atoms with van der Waals surface area (Å²) in [6, 6.07) is 5.59. The molecule has 5 heteroatoms. The van der Waals surface area contributed by atoms with Crippen LogP contribution >= 0.6 is 0 Å². The van der Waals surface area contributed by atoms with Gasteiger partial charge in [-0.25, -0.2) is 0 Å². The molecule has 0 heterocycles. The van der Waals surface area contributed by atoms with Gasteiger partial charge in [0.05, 0.1) is 14.2 Å². The molecule has 0 aliphatic heterocycles. The SMILES string of the molecule is CCCOC1C(N)CC1Oc1c(OC)cccc1OC. The summed E-state index contributed by atoms with van der Waals surface area (Å²) in [5, 5.41) is 0. The zero-order chi connectivity index (χ0) is 14.5. The summed E-state index contributed by atoms with van der Waals surface area (Å²) in [5.74, 6) is 1.91. The number of methoxy groups -OCH3 is 2. The molecule has 5 nitrogen and oxygen atoms in total. The summed E-state index contributed by atoms with van der Waals surface area (Å²) < 4.78 is 22.4. The van der Waals surface area contributed by atoms with Crippen molar-refractivity contribution in [3.8, 4) is 17.2 Å². The molecule has 0 amide bonds. The third-order valence-corrected chi connectivity index (χ3v) is 3.46. The van der Waals surface area contributed by atoms with Crippen LogP contribution in [0.3, 0.4) is 0 Å². The Kier molecular flexibility index (Phi) is 5.09. The molecule has 3 unspecified atom stereocenters. The maximum atomic E-state index is 6.02. The Morgan fingerprint density at radius 2 is 1.85 bits per heavy atom. The fourth-order valence-corrected chi connectivity index (χ4v) is 2.30. The first kappa shape index (κ1) is 14.9. The van der Waals surface area contributed by atoms with Crippen LogP contribution in [0, 0.1) is 0 Å². The predicted octanol–water partition coefficient (Wildman–Crippen LogP) is 1.98. The van der Waals surface area contributed by atoms with E-state index in [0.29, 0.717) is 23.9 Å². The monoisotopic (exact) mass is 281 g/mol. The Hall–Kier alpha value is -1.46. The zero-order valence-corrected chi connectivity index (χ0v) is 12.3. The number of rotatable bonds is 7. The molecule has 1 saturated carbocycles. The fourth-order valence-electron chi connectivity index (χ4n) is 2.30. The van der Waals surface area contributed by atoms with Gasteiger partial charge in [-0.05, 0) is 18.6 Å². The molecule has 0 bridgehead atoms. The Morgan fingerprint density at radius 3 is 2.35 bits per heavy atom. The highest BCUT2D eigenvalue weighted by Gasteiger charge is 2.42. The van der Waals surface area contributed by atoms with Gasteiger partial charge in [-0.1, -0.05) is 13.0 Å².